The molecule has 1 aliphatic heterocycles. The first-order chi connectivity index (χ1) is 14.2. The summed E-state index contributed by atoms with van der Waals surface area (Å²) in [5, 5.41) is 5.70. The molecule has 6 heteroatoms. The molecule has 0 bridgehead atoms. The Kier molecular flexibility index (Phi) is 6.42. The van der Waals surface area contributed by atoms with Crippen LogP contribution in [0.3, 0.4) is 0 Å². The molecule has 2 aromatic heterocycles. The zero-order chi connectivity index (χ0) is 20.1. The van der Waals surface area contributed by atoms with E-state index >= 15 is 0 Å². The number of aromatic nitrogens is 1. The highest BCUT2D eigenvalue weighted by molar-refractivity contribution is 7.13. The topological polar surface area (TPSA) is 58.4 Å². The number of nitrogens with zero attached hydrogens (tertiary/aromatic N) is 2. The first-order valence-electron chi connectivity index (χ1n) is 10.2. The first-order valence-corrected chi connectivity index (χ1v) is 11.1. The van der Waals surface area contributed by atoms with Crippen LogP contribution in [0.25, 0.3) is 10.8 Å². The molecule has 5 nitrogen and oxygen atoms in total. The largest absolute Gasteiger partial charge is 0.462 e. The molecule has 3 aromatic rings. The maximum atomic E-state index is 12.3. The highest BCUT2D eigenvalue weighted by atomic mass is 32.1. The average Bonchev–Trinajstić information content (AvgIpc) is 3.39. The van der Waals surface area contributed by atoms with Gasteiger partial charge >= 0.3 is 0 Å². The van der Waals surface area contributed by atoms with Gasteiger partial charge in [0, 0.05) is 25.0 Å². The van der Waals surface area contributed by atoms with Gasteiger partial charge < -0.3 is 9.73 Å². The number of carbonyl (C=O) groups excluding carboxylic acids is 1. The number of amides is 1. The molecule has 1 N–H and O–H groups in total. The van der Waals surface area contributed by atoms with Gasteiger partial charge in [-0.05, 0) is 48.6 Å². The SMILES string of the molecule is CC1CCCN(Cc2ccc(CNC(=O)Cc3csc(-c4ccco4)n3)cc2)C1. The molecule has 0 saturated carbocycles. The van der Waals surface area contributed by atoms with Gasteiger partial charge in [0.2, 0.25) is 5.91 Å². The van der Waals surface area contributed by atoms with Gasteiger partial charge in [-0.2, -0.15) is 0 Å². The summed E-state index contributed by atoms with van der Waals surface area (Å²) in [6.45, 7) is 6.27. The van der Waals surface area contributed by atoms with E-state index in [4.69, 9.17) is 4.42 Å². The Bertz CT molecular complexity index is 918. The van der Waals surface area contributed by atoms with E-state index in [1.807, 2.05) is 17.5 Å². The number of hydrogen-bond acceptors (Lipinski definition) is 5. The van der Waals surface area contributed by atoms with E-state index in [1.54, 1.807) is 6.26 Å². The Morgan fingerprint density at radius 2 is 2.10 bits per heavy atom. The maximum absolute atomic E-state index is 12.3. The van der Waals surface area contributed by atoms with Crippen LogP contribution in [0.15, 0.2) is 52.5 Å². The molecule has 0 aliphatic carbocycles. The second-order valence-corrected chi connectivity index (χ2v) is 8.73. The average molecular weight is 410 g/mol. The lowest BCUT2D eigenvalue weighted by Gasteiger charge is -2.30. The summed E-state index contributed by atoms with van der Waals surface area (Å²) in [7, 11) is 0. The number of nitrogens with one attached hydrogen (secondary N) is 1. The Morgan fingerprint density at radius 1 is 1.28 bits per heavy atom. The van der Waals surface area contributed by atoms with E-state index in [9.17, 15) is 4.79 Å². The van der Waals surface area contributed by atoms with E-state index in [-0.39, 0.29) is 12.3 Å². The van der Waals surface area contributed by atoms with Crippen molar-refractivity contribution < 1.29 is 9.21 Å². The van der Waals surface area contributed by atoms with Gasteiger partial charge in [0.05, 0.1) is 18.4 Å². The second kappa shape index (κ2) is 9.37. The summed E-state index contributed by atoms with van der Waals surface area (Å²) < 4.78 is 5.35. The van der Waals surface area contributed by atoms with Crippen molar-refractivity contribution in [1.82, 2.24) is 15.2 Å². The molecular weight excluding hydrogens is 382 g/mol. The summed E-state index contributed by atoms with van der Waals surface area (Å²) >= 11 is 1.49. The zero-order valence-corrected chi connectivity index (χ0v) is 17.6. The molecule has 0 spiro atoms. The Balaban J connectivity index is 1.24. The minimum absolute atomic E-state index is 0.0207. The van der Waals surface area contributed by atoms with Crippen molar-refractivity contribution >= 4 is 17.2 Å². The minimum Gasteiger partial charge on any atom is -0.462 e. The van der Waals surface area contributed by atoms with Crippen LogP contribution < -0.4 is 5.32 Å². The van der Waals surface area contributed by atoms with E-state index in [2.05, 4.69) is 46.4 Å². The van der Waals surface area contributed by atoms with Crippen molar-refractivity contribution in [2.45, 2.75) is 39.3 Å². The molecule has 1 atom stereocenters. The van der Waals surface area contributed by atoms with Crippen LogP contribution in [0.2, 0.25) is 0 Å². The lowest BCUT2D eigenvalue weighted by molar-refractivity contribution is -0.120. The molecule has 1 amide bonds. The van der Waals surface area contributed by atoms with Crippen LogP contribution >= 0.6 is 11.3 Å². The number of likely N-dealkylation sites (tertiary alicyclic amines) is 1. The highest BCUT2D eigenvalue weighted by Crippen LogP contribution is 2.24. The number of rotatable bonds is 7. The van der Waals surface area contributed by atoms with E-state index in [0.29, 0.717) is 6.54 Å². The van der Waals surface area contributed by atoms with E-state index in [1.165, 1.54) is 42.8 Å². The summed E-state index contributed by atoms with van der Waals surface area (Å²) in [5.74, 6) is 1.51. The number of thiazole rings is 1. The molecule has 1 saturated heterocycles. The van der Waals surface area contributed by atoms with Crippen molar-refractivity contribution in [3.05, 3.63) is 64.9 Å². The van der Waals surface area contributed by atoms with Gasteiger partial charge in [0.1, 0.15) is 0 Å². The summed E-state index contributed by atoms with van der Waals surface area (Å²) in [5.41, 5.74) is 3.22. The second-order valence-electron chi connectivity index (χ2n) is 7.87. The van der Waals surface area contributed by atoms with Crippen LogP contribution in [-0.2, 0) is 24.3 Å². The van der Waals surface area contributed by atoms with Crippen molar-refractivity contribution in [2.24, 2.45) is 5.92 Å². The number of piperidine rings is 1. The maximum Gasteiger partial charge on any atom is 0.226 e. The molecule has 4 rings (SSSR count). The van der Waals surface area contributed by atoms with Crippen LogP contribution in [0.1, 0.15) is 36.6 Å². The highest BCUT2D eigenvalue weighted by Gasteiger charge is 2.16. The van der Waals surface area contributed by atoms with Gasteiger partial charge in [-0.1, -0.05) is 31.2 Å². The molecule has 152 valence electrons. The fraction of sp³-hybridized carbons (Fsp3) is 0.391. The number of carbonyl (C=O) groups is 1. The minimum atomic E-state index is -0.0207. The van der Waals surface area contributed by atoms with Crippen LogP contribution in [0, 0.1) is 5.92 Å². The fourth-order valence-electron chi connectivity index (χ4n) is 3.78. The van der Waals surface area contributed by atoms with E-state index < -0.39 is 0 Å². The molecule has 1 aromatic carbocycles. The van der Waals surface area contributed by atoms with Crippen LogP contribution in [-0.4, -0.2) is 28.9 Å². The molecule has 1 unspecified atom stereocenters. The number of furan rings is 1. The molecular formula is C23H27N3O2S. The third-order valence-corrected chi connectivity index (χ3v) is 6.19. The molecule has 0 radical (unpaired) electrons. The summed E-state index contributed by atoms with van der Waals surface area (Å²) in [6, 6.07) is 12.3. The third-order valence-electron chi connectivity index (χ3n) is 5.29. The van der Waals surface area contributed by atoms with Crippen LogP contribution in [0.5, 0.6) is 0 Å². The first kappa shape index (κ1) is 19.9. The Hall–Kier alpha value is -2.44. The number of benzene rings is 1. The van der Waals surface area contributed by atoms with Crippen molar-refractivity contribution in [2.75, 3.05) is 13.1 Å². The van der Waals surface area contributed by atoms with Gasteiger partial charge in [-0.15, -0.1) is 11.3 Å². The predicted octanol–water partition coefficient (Wildman–Crippen LogP) is 4.49. The van der Waals surface area contributed by atoms with Crippen molar-refractivity contribution in [3.63, 3.8) is 0 Å². The molecule has 29 heavy (non-hydrogen) atoms. The monoisotopic (exact) mass is 409 g/mol. The van der Waals surface area contributed by atoms with Gasteiger partial charge in [0.15, 0.2) is 10.8 Å². The molecule has 1 fully saturated rings. The quantitative estimate of drug-likeness (QED) is 0.624. The van der Waals surface area contributed by atoms with Gasteiger partial charge in [-0.25, -0.2) is 4.98 Å². The normalized spacial score (nSPS) is 17.3. The number of hydrogen-bond donors (Lipinski definition) is 1. The van der Waals surface area contributed by atoms with Gasteiger partial charge in [0.25, 0.3) is 0 Å². The summed E-state index contributed by atoms with van der Waals surface area (Å²) in [6.07, 6.45) is 4.55. The standard InChI is InChI=1S/C23H27N3O2S/c1-17-4-2-10-26(14-17)15-19-8-6-18(7-9-19)13-24-22(27)12-20-16-29-23(25-20)21-5-3-11-28-21/h3,5-9,11,16-17H,2,4,10,12-15H2,1H3,(H,24,27). The van der Waals surface area contributed by atoms with E-state index in [0.717, 1.165) is 34.5 Å². The Morgan fingerprint density at radius 3 is 2.86 bits per heavy atom. The van der Waals surface area contributed by atoms with Crippen molar-refractivity contribution in [3.8, 4) is 10.8 Å². The zero-order valence-electron chi connectivity index (χ0n) is 16.8. The predicted molar refractivity (Wildman–Crippen MR) is 115 cm³/mol. The lowest BCUT2D eigenvalue weighted by atomic mass is 9.99. The van der Waals surface area contributed by atoms with Crippen molar-refractivity contribution in [1.29, 1.82) is 0 Å². The van der Waals surface area contributed by atoms with Crippen LogP contribution in [0.4, 0.5) is 0 Å². The molecule has 3 heterocycles. The van der Waals surface area contributed by atoms with Gasteiger partial charge in [-0.3, -0.25) is 9.69 Å². The smallest absolute Gasteiger partial charge is 0.226 e. The third kappa shape index (κ3) is 5.55. The Labute approximate surface area is 175 Å². The fourth-order valence-corrected chi connectivity index (χ4v) is 4.57. The lowest BCUT2D eigenvalue weighted by Crippen LogP contribution is -2.33. The molecule has 1 aliphatic rings. The summed E-state index contributed by atoms with van der Waals surface area (Å²) in [4.78, 5) is 19.3.